The van der Waals surface area contributed by atoms with Crippen molar-refractivity contribution in [3.63, 3.8) is 0 Å². The van der Waals surface area contributed by atoms with Crippen LogP contribution in [0.25, 0.3) is 0 Å². The highest BCUT2D eigenvalue weighted by atomic mass is 32.2. The quantitative estimate of drug-likeness (QED) is 0.0939. The Hall–Kier alpha value is -7.26. The molecule has 0 nitrogen and oxygen atoms in total. The first-order valence-corrected chi connectivity index (χ1v) is 42.2. The summed E-state index contributed by atoms with van der Waals surface area (Å²) in [4.78, 5) is 19.8. The van der Waals surface area contributed by atoms with Gasteiger partial charge in [-0.2, -0.15) is 0 Å². The number of rotatable bonds is 15. The molecule has 528 valence electrons. The van der Waals surface area contributed by atoms with E-state index >= 15 is 0 Å². The molecule has 0 bridgehead atoms. The SMILES string of the molecule is CC(C)(C)c1ccc(Sc2ccc([S+](c3ccc(C(C)(C)C)cc3)c3ccc(C(C)(C)C)cc3)cc2)cc1.CC(C)(C)c1ccc([S+](c2ccc(Sc3ccccc3)cc2)c2ccc(C(C)(C)C)cc2)cc1.Cc1ccc(Sc2ccc([S+](c3ccccc3)c3ccc(C(C)(C)C)cc3)cc2)cc1. The van der Waals surface area contributed by atoms with Gasteiger partial charge < -0.3 is 0 Å². The maximum Gasteiger partial charge on any atom is 0.166 e. The number of benzene rings is 12. The monoisotopic (exact) mass is 1460 g/mol. The van der Waals surface area contributed by atoms with Crippen molar-refractivity contribution in [1.29, 1.82) is 0 Å². The van der Waals surface area contributed by atoms with E-state index in [-0.39, 0.29) is 65.2 Å². The van der Waals surface area contributed by atoms with E-state index in [1.807, 2.05) is 35.3 Å². The highest BCUT2D eigenvalue weighted by Gasteiger charge is 2.33. The van der Waals surface area contributed by atoms with Crippen LogP contribution in [0.3, 0.4) is 0 Å². The fourth-order valence-corrected chi connectivity index (χ4v) is 20.3. The topological polar surface area (TPSA) is 0 Å². The smallest absolute Gasteiger partial charge is 0.0901 e. The molecule has 103 heavy (non-hydrogen) atoms. The molecule has 0 amide bonds. The van der Waals surface area contributed by atoms with Crippen molar-refractivity contribution in [2.24, 2.45) is 0 Å². The van der Waals surface area contributed by atoms with Crippen LogP contribution in [0.1, 0.15) is 164 Å². The normalized spacial score (nSPS) is 12.5. The molecule has 0 saturated heterocycles. The molecule has 0 aliphatic heterocycles. The fraction of sp³-hybridized carbons (Fsp3) is 0.258. The molecular formula is C97H107S6+3. The van der Waals surface area contributed by atoms with E-state index in [1.165, 1.54) is 112 Å². The lowest BCUT2D eigenvalue weighted by molar-refractivity contribution is 0.589. The summed E-state index contributed by atoms with van der Waals surface area (Å²) in [5, 5.41) is 0. The van der Waals surface area contributed by atoms with Crippen LogP contribution in [0.5, 0.6) is 0 Å². The molecule has 0 saturated carbocycles. The lowest BCUT2D eigenvalue weighted by Crippen LogP contribution is -2.13. The standard InChI is InChI=1S/C36H43S2.C32H35S2.C29H29S2/c1-34(2,3)26-10-16-29(17-11-26)37-30-18-24-33(25-19-30)38(31-20-12-27(13-21-31)35(4,5)6)32-22-14-28(15-23-32)36(7,8)9;1-31(2,3)24-12-18-28(19-13-24)34(29-20-14-25(15-21-29)32(4,5)6)30-22-16-27(17-23-30)33-26-10-8-7-9-11-26;1-22-10-14-24(15-11-22)30-25-16-20-28(21-17-25)31(26-8-6-5-7-9-26)27-18-12-23(13-19-27)29(2,3)4/h10-25H,1-9H3;7-23H,1-6H3;5-21H,1-4H3/q3*+1. The van der Waals surface area contributed by atoms with Gasteiger partial charge in [0.2, 0.25) is 0 Å². The van der Waals surface area contributed by atoms with Crippen LogP contribution in [0, 0.1) is 6.92 Å². The highest BCUT2D eigenvalue weighted by Crippen LogP contribution is 2.41. The maximum absolute atomic E-state index is 2.33. The average molecular weight is 1470 g/mol. The Morgan fingerprint density at radius 1 is 0.165 bits per heavy atom. The van der Waals surface area contributed by atoms with Crippen LogP contribution in [-0.4, -0.2) is 0 Å². The first-order chi connectivity index (χ1) is 48.7. The third-order valence-corrected chi connectivity index (χ3v) is 27.9. The molecule has 0 aromatic heterocycles. The number of hydrogen-bond donors (Lipinski definition) is 0. The minimum atomic E-state index is -0.162. The van der Waals surface area contributed by atoms with E-state index in [0.29, 0.717) is 0 Å². The predicted octanol–water partition coefficient (Wildman–Crippen LogP) is 28.9. The predicted molar refractivity (Wildman–Crippen MR) is 453 cm³/mol. The van der Waals surface area contributed by atoms with Crippen molar-refractivity contribution in [2.45, 2.75) is 237 Å². The second-order valence-electron chi connectivity index (χ2n) is 32.7. The fourth-order valence-electron chi connectivity index (χ4n) is 11.7. The van der Waals surface area contributed by atoms with E-state index in [0.717, 1.165) is 0 Å². The number of hydrogen-bond acceptors (Lipinski definition) is 3. The summed E-state index contributed by atoms with van der Waals surface area (Å²) in [7, 11) is -0.427. The van der Waals surface area contributed by atoms with Crippen molar-refractivity contribution in [3.8, 4) is 0 Å². The molecule has 1 unspecified atom stereocenters. The largest absolute Gasteiger partial charge is 0.166 e. The lowest BCUT2D eigenvalue weighted by Gasteiger charge is -2.20. The molecule has 12 rings (SSSR count). The van der Waals surface area contributed by atoms with Crippen molar-refractivity contribution >= 4 is 68.0 Å². The Morgan fingerprint density at radius 3 is 0.515 bits per heavy atom. The summed E-state index contributed by atoms with van der Waals surface area (Å²) in [6, 6.07) is 113. The Balaban J connectivity index is 0.000000167. The molecule has 0 N–H and O–H groups in total. The Morgan fingerprint density at radius 2 is 0.311 bits per heavy atom. The second-order valence-corrected chi connectivity index (χ2v) is 42.2. The van der Waals surface area contributed by atoms with Crippen molar-refractivity contribution < 1.29 is 0 Å². The van der Waals surface area contributed by atoms with Gasteiger partial charge in [0.15, 0.2) is 44.1 Å². The minimum absolute atomic E-state index is 0.117. The Labute approximate surface area is 642 Å². The van der Waals surface area contributed by atoms with Gasteiger partial charge in [0.05, 0.1) is 32.7 Å². The summed E-state index contributed by atoms with van der Waals surface area (Å²) in [5.41, 5.74) is 10.5. The van der Waals surface area contributed by atoms with Gasteiger partial charge in [-0.25, -0.2) is 0 Å². The van der Waals surface area contributed by atoms with E-state index in [9.17, 15) is 0 Å². The zero-order valence-corrected chi connectivity index (χ0v) is 69.2. The molecular weight excluding hydrogens is 1360 g/mol. The molecule has 0 radical (unpaired) electrons. The molecule has 0 aliphatic carbocycles. The first kappa shape index (κ1) is 78.3. The van der Waals surface area contributed by atoms with Gasteiger partial charge in [-0.1, -0.05) is 287 Å². The molecule has 0 fully saturated rings. The van der Waals surface area contributed by atoms with Gasteiger partial charge in [-0.05, 0) is 255 Å². The Kier molecular flexibility index (Phi) is 25.8. The Bertz CT molecular complexity index is 4470. The van der Waals surface area contributed by atoms with Crippen LogP contribution >= 0.6 is 35.3 Å². The number of aryl methyl sites for hydroxylation is 1. The van der Waals surface area contributed by atoms with Gasteiger partial charge in [-0.3, -0.25) is 0 Å². The molecule has 12 aromatic rings. The summed E-state index contributed by atoms with van der Waals surface area (Å²) in [6.07, 6.45) is 0. The van der Waals surface area contributed by atoms with E-state index in [2.05, 4.69) is 435 Å². The van der Waals surface area contributed by atoms with E-state index in [1.54, 1.807) is 0 Å². The van der Waals surface area contributed by atoms with Crippen LogP contribution in [0.2, 0.25) is 0 Å². The van der Waals surface area contributed by atoms with Gasteiger partial charge in [0, 0.05) is 29.4 Å². The van der Waals surface area contributed by atoms with Crippen LogP contribution < -0.4 is 0 Å². The van der Waals surface area contributed by atoms with Gasteiger partial charge >= 0.3 is 0 Å². The molecule has 6 heteroatoms. The third kappa shape index (κ3) is 21.9. The van der Waals surface area contributed by atoms with Crippen molar-refractivity contribution in [1.82, 2.24) is 0 Å². The molecule has 12 aromatic carbocycles. The molecule has 0 aliphatic rings. The zero-order chi connectivity index (χ0) is 73.9. The summed E-state index contributed by atoms with van der Waals surface area (Å²) >= 11 is 5.46. The summed E-state index contributed by atoms with van der Waals surface area (Å²) in [5.74, 6) is 0. The third-order valence-electron chi connectivity index (χ3n) is 18.1. The van der Waals surface area contributed by atoms with Crippen LogP contribution in [0.15, 0.2) is 377 Å². The second kappa shape index (κ2) is 33.9. The summed E-state index contributed by atoms with van der Waals surface area (Å²) < 4.78 is 0. The molecule has 0 spiro atoms. The molecule has 1 atom stereocenters. The van der Waals surface area contributed by atoms with E-state index in [4.69, 9.17) is 0 Å². The van der Waals surface area contributed by atoms with Gasteiger partial charge in [0.25, 0.3) is 0 Å². The lowest BCUT2D eigenvalue weighted by atomic mass is 9.87. The average Bonchev–Trinajstić information content (AvgIpc) is 0.804. The maximum atomic E-state index is 2.33. The van der Waals surface area contributed by atoms with Crippen LogP contribution in [0.4, 0.5) is 0 Å². The summed E-state index contributed by atoms with van der Waals surface area (Å²) in [6.45, 7) is 43.0. The van der Waals surface area contributed by atoms with Gasteiger partial charge in [0.1, 0.15) is 0 Å². The molecule has 0 heterocycles. The van der Waals surface area contributed by atoms with Crippen molar-refractivity contribution in [3.05, 3.63) is 342 Å². The zero-order valence-electron chi connectivity index (χ0n) is 64.3. The highest BCUT2D eigenvalue weighted by molar-refractivity contribution is 8.00. The van der Waals surface area contributed by atoms with Gasteiger partial charge in [-0.15, -0.1) is 0 Å². The first-order valence-electron chi connectivity index (χ1n) is 36.1. The van der Waals surface area contributed by atoms with Crippen LogP contribution in [-0.2, 0) is 65.2 Å². The van der Waals surface area contributed by atoms with E-state index < -0.39 is 0 Å². The van der Waals surface area contributed by atoms with Crippen molar-refractivity contribution in [2.75, 3.05) is 0 Å². The minimum Gasteiger partial charge on any atom is -0.0901 e.